The number of methoxy groups -OCH3 is 1. The zero-order valence-corrected chi connectivity index (χ0v) is 10.5. The van der Waals surface area contributed by atoms with E-state index >= 15 is 0 Å². The van der Waals surface area contributed by atoms with Gasteiger partial charge in [0.15, 0.2) is 9.84 Å². The van der Waals surface area contributed by atoms with E-state index in [0.717, 1.165) is 12.0 Å². The molecule has 0 spiro atoms. The molecule has 0 saturated heterocycles. The van der Waals surface area contributed by atoms with Crippen LogP contribution in [-0.4, -0.2) is 57.4 Å². The van der Waals surface area contributed by atoms with Crippen molar-refractivity contribution in [3.05, 3.63) is 0 Å². The van der Waals surface area contributed by atoms with Crippen LogP contribution in [0.3, 0.4) is 0 Å². The second kappa shape index (κ2) is 6.85. The number of amides is 1. The lowest BCUT2D eigenvalue weighted by molar-refractivity contribution is -0.137. The standard InChI is InChI=1S/C9H14N2O5S/c1-11(5-3-4-10)8(12)6-17(14,15)7-9(13)16-2/h3,5-7H2,1-2H3. The minimum absolute atomic E-state index is 0.124. The third kappa shape index (κ3) is 6.52. The SMILES string of the molecule is COC(=O)CS(=O)(=O)CC(=O)N(C)CCC#N. The molecule has 7 nitrogen and oxygen atoms in total. The normalized spacial score (nSPS) is 10.4. The number of rotatable bonds is 6. The van der Waals surface area contributed by atoms with Crippen LogP contribution in [0.1, 0.15) is 6.42 Å². The minimum atomic E-state index is -3.81. The molecule has 0 radical (unpaired) electrons. The van der Waals surface area contributed by atoms with Gasteiger partial charge in [-0.25, -0.2) is 8.42 Å². The Hall–Kier alpha value is -1.62. The molecule has 0 rings (SSSR count). The molecule has 0 fully saturated rings. The Morgan fingerprint density at radius 1 is 1.35 bits per heavy atom. The number of nitriles is 1. The molecule has 0 atom stereocenters. The molecule has 0 aromatic heterocycles. The Kier molecular flexibility index (Phi) is 6.20. The first-order chi connectivity index (χ1) is 7.82. The monoisotopic (exact) mass is 262 g/mol. The Bertz CT molecular complexity index is 423. The van der Waals surface area contributed by atoms with Crippen LogP contribution in [0.25, 0.3) is 0 Å². The number of hydrogen-bond acceptors (Lipinski definition) is 6. The van der Waals surface area contributed by atoms with Crippen LogP contribution in [0.15, 0.2) is 0 Å². The van der Waals surface area contributed by atoms with Gasteiger partial charge in [-0.15, -0.1) is 0 Å². The Morgan fingerprint density at radius 3 is 2.41 bits per heavy atom. The van der Waals surface area contributed by atoms with Crippen molar-refractivity contribution in [2.24, 2.45) is 0 Å². The van der Waals surface area contributed by atoms with Crippen molar-refractivity contribution >= 4 is 21.7 Å². The molecule has 0 aromatic carbocycles. The fourth-order valence-corrected chi connectivity index (χ4v) is 2.11. The fraction of sp³-hybridized carbons (Fsp3) is 0.667. The van der Waals surface area contributed by atoms with Gasteiger partial charge in [-0.2, -0.15) is 5.26 Å². The minimum Gasteiger partial charge on any atom is -0.468 e. The van der Waals surface area contributed by atoms with Gasteiger partial charge < -0.3 is 9.64 Å². The van der Waals surface area contributed by atoms with Gasteiger partial charge in [0.1, 0.15) is 11.5 Å². The average Bonchev–Trinajstić information content (AvgIpc) is 2.24. The lowest BCUT2D eigenvalue weighted by atomic mass is 10.4. The molecule has 0 aliphatic carbocycles. The first kappa shape index (κ1) is 15.4. The molecule has 8 heteroatoms. The maximum absolute atomic E-state index is 11.4. The van der Waals surface area contributed by atoms with Crippen molar-refractivity contribution in [3.63, 3.8) is 0 Å². The molecule has 96 valence electrons. The van der Waals surface area contributed by atoms with Crippen molar-refractivity contribution in [1.82, 2.24) is 4.90 Å². The first-order valence-electron chi connectivity index (χ1n) is 4.70. The van der Waals surface area contributed by atoms with Crippen LogP contribution in [0, 0.1) is 11.3 Å². The Balaban J connectivity index is 4.37. The summed E-state index contributed by atoms with van der Waals surface area (Å²) < 4.78 is 27.0. The predicted octanol–water partition coefficient (Wildman–Crippen LogP) is -1.05. The van der Waals surface area contributed by atoms with Gasteiger partial charge in [0.2, 0.25) is 5.91 Å². The van der Waals surface area contributed by atoms with E-state index in [1.54, 1.807) is 0 Å². The second-order valence-electron chi connectivity index (χ2n) is 3.33. The van der Waals surface area contributed by atoms with Gasteiger partial charge in [-0.05, 0) is 0 Å². The van der Waals surface area contributed by atoms with Gasteiger partial charge in [-0.1, -0.05) is 0 Å². The summed E-state index contributed by atoms with van der Waals surface area (Å²) in [7, 11) is -1.35. The number of sulfone groups is 1. The van der Waals surface area contributed by atoms with Crippen LogP contribution in [0.4, 0.5) is 0 Å². The summed E-state index contributed by atoms with van der Waals surface area (Å²) in [4.78, 5) is 23.3. The number of nitrogens with zero attached hydrogens (tertiary/aromatic N) is 2. The zero-order valence-electron chi connectivity index (χ0n) is 9.67. The molecule has 0 aromatic rings. The van der Waals surface area contributed by atoms with Gasteiger partial charge in [-0.3, -0.25) is 9.59 Å². The molecular weight excluding hydrogens is 248 g/mol. The highest BCUT2D eigenvalue weighted by Gasteiger charge is 2.23. The van der Waals surface area contributed by atoms with E-state index in [9.17, 15) is 18.0 Å². The average molecular weight is 262 g/mol. The van der Waals surface area contributed by atoms with Gasteiger partial charge >= 0.3 is 5.97 Å². The van der Waals surface area contributed by atoms with Crippen LogP contribution in [0.5, 0.6) is 0 Å². The van der Waals surface area contributed by atoms with E-state index in [0.29, 0.717) is 0 Å². The first-order valence-corrected chi connectivity index (χ1v) is 6.52. The van der Waals surface area contributed by atoms with E-state index in [2.05, 4.69) is 4.74 Å². The highest BCUT2D eigenvalue weighted by molar-refractivity contribution is 7.92. The third-order valence-electron chi connectivity index (χ3n) is 1.89. The summed E-state index contributed by atoms with van der Waals surface area (Å²) in [6.07, 6.45) is 0.124. The van der Waals surface area contributed by atoms with Crippen molar-refractivity contribution in [2.45, 2.75) is 6.42 Å². The van der Waals surface area contributed by atoms with E-state index in [-0.39, 0.29) is 13.0 Å². The van der Waals surface area contributed by atoms with Gasteiger partial charge in [0, 0.05) is 13.6 Å². The van der Waals surface area contributed by atoms with Crippen LogP contribution in [0.2, 0.25) is 0 Å². The van der Waals surface area contributed by atoms with Gasteiger partial charge in [0.25, 0.3) is 0 Å². The third-order valence-corrected chi connectivity index (χ3v) is 3.26. The highest BCUT2D eigenvalue weighted by Crippen LogP contribution is 1.97. The van der Waals surface area contributed by atoms with Crippen molar-refractivity contribution < 1.29 is 22.7 Å². The molecule has 0 heterocycles. The van der Waals surface area contributed by atoms with Crippen LogP contribution < -0.4 is 0 Å². The van der Waals surface area contributed by atoms with Crippen molar-refractivity contribution in [2.75, 3.05) is 32.2 Å². The maximum atomic E-state index is 11.4. The van der Waals surface area contributed by atoms with E-state index < -0.39 is 33.2 Å². The Labute approximate surface area is 99.9 Å². The van der Waals surface area contributed by atoms with Crippen molar-refractivity contribution in [1.29, 1.82) is 5.26 Å². The van der Waals surface area contributed by atoms with Crippen LogP contribution in [-0.2, 0) is 24.2 Å². The molecule has 0 N–H and O–H groups in total. The Morgan fingerprint density at radius 2 is 1.94 bits per heavy atom. The highest BCUT2D eigenvalue weighted by atomic mass is 32.2. The van der Waals surface area contributed by atoms with Crippen molar-refractivity contribution in [3.8, 4) is 6.07 Å². The molecule has 0 aliphatic heterocycles. The molecule has 0 aliphatic rings. The topological polar surface area (TPSA) is 105 Å². The second-order valence-corrected chi connectivity index (χ2v) is 5.40. The summed E-state index contributed by atoms with van der Waals surface area (Å²) in [6.45, 7) is 0.156. The molecule has 0 bridgehead atoms. The lowest BCUT2D eigenvalue weighted by Crippen LogP contribution is -2.35. The summed E-state index contributed by atoms with van der Waals surface area (Å²) in [5.74, 6) is -3.13. The number of carbonyl (C=O) groups is 2. The summed E-state index contributed by atoms with van der Waals surface area (Å²) in [5, 5.41) is 8.31. The quantitative estimate of drug-likeness (QED) is 0.565. The zero-order chi connectivity index (χ0) is 13.5. The number of ether oxygens (including phenoxy) is 1. The molecule has 1 amide bonds. The molecule has 17 heavy (non-hydrogen) atoms. The largest absolute Gasteiger partial charge is 0.468 e. The van der Waals surface area contributed by atoms with Crippen LogP contribution >= 0.6 is 0 Å². The predicted molar refractivity (Wildman–Crippen MR) is 58.5 cm³/mol. The number of carbonyl (C=O) groups excluding carboxylic acids is 2. The summed E-state index contributed by atoms with van der Waals surface area (Å²) >= 11 is 0. The number of esters is 1. The van der Waals surface area contributed by atoms with Gasteiger partial charge in [0.05, 0.1) is 19.6 Å². The number of hydrogen-bond donors (Lipinski definition) is 0. The van der Waals surface area contributed by atoms with E-state index in [1.807, 2.05) is 6.07 Å². The summed E-state index contributed by atoms with van der Waals surface area (Å²) in [6, 6.07) is 1.84. The maximum Gasteiger partial charge on any atom is 0.320 e. The molecular formula is C9H14N2O5S. The molecule has 0 saturated carbocycles. The van der Waals surface area contributed by atoms with E-state index in [1.165, 1.54) is 7.05 Å². The lowest BCUT2D eigenvalue weighted by Gasteiger charge is -2.14. The summed E-state index contributed by atoms with van der Waals surface area (Å²) in [5.41, 5.74) is 0. The smallest absolute Gasteiger partial charge is 0.320 e. The molecule has 0 unspecified atom stereocenters. The fourth-order valence-electron chi connectivity index (χ4n) is 0.930. The van der Waals surface area contributed by atoms with E-state index in [4.69, 9.17) is 5.26 Å².